The zero-order chi connectivity index (χ0) is 16.4. The van der Waals surface area contributed by atoms with Gasteiger partial charge in [-0.25, -0.2) is 4.79 Å². The average molecular weight is 399 g/mol. The van der Waals surface area contributed by atoms with Crippen LogP contribution in [0.3, 0.4) is 0 Å². The monoisotopic (exact) mass is 398 g/mol. The van der Waals surface area contributed by atoms with E-state index in [1.165, 1.54) is 17.8 Å². The molecule has 0 bridgehead atoms. The SMILES string of the molecule is C=C1NC(=O)NC(c2ccc(Br)s2)C1C(=O)OC1CCCCC1. The summed E-state index contributed by atoms with van der Waals surface area (Å²) in [6.07, 6.45) is 5.21. The van der Waals surface area contributed by atoms with E-state index in [1.807, 2.05) is 12.1 Å². The van der Waals surface area contributed by atoms with E-state index in [4.69, 9.17) is 4.74 Å². The first kappa shape index (κ1) is 16.5. The first-order valence-corrected chi connectivity index (χ1v) is 9.37. The standard InChI is InChI=1S/C16H19BrN2O3S/c1-9-13(15(20)22-10-5-3-2-4-6-10)14(19-16(21)18-9)11-7-8-12(17)23-11/h7-8,10,13-14H,1-6H2,(H2,18,19,21). The van der Waals surface area contributed by atoms with Crippen molar-refractivity contribution in [3.63, 3.8) is 0 Å². The molecule has 2 aliphatic rings. The van der Waals surface area contributed by atoms with Crippen LogP contribution in [-0.2, 0) is 9.53 Å². The molecule has 2 unspecified atom stereocenters. The van der Waals surface area contributed by atoms with Crippen LogP contribution in [-0.4, -0.2) is 18.1 Å². The Morgan fingerprint density at radius 2 is 2.04 bits per heavy atom. The predicted octanol–water partition coefficient (Wildman–Crippen LogP) is 3.87. The Morgan fingerprint density at radius 1 is 1.30 bits per heavy atom. The summed E-state index contributed by atoms with van der Waals surface area (Å²) in [5.74, 6) is -0.927. The highest BCUT2D eigenvalue weighted by molar-refractivity contribution is 9.11. The summed E-state index contributed by atoms with van der Waals surface area (Å²) in [6.45, 7) is 3.86. The average Bonchev–Trinajstić information content (AvgIpc) is 2.93. The van der Waals surface area contributed by atoms with Crippen LogP contribution in [0, 0.1) is 5.92 Å². The predicted molar refractivity (Wildman–Crippen MR) is 92.0 cm³/mol. The molecular weight excluding hydrogens is 380 g/mol. The maximum Gasteiger partial charge on any atom is 0.319 e. The van der Waals surface area contributed by atoms with Crippen LogP contribution >= 0.6 is 27.3 Å². The third-order valence-electron chi connectivity index (χ3n) is 4.26. The van der Waals surface area contributed by atoms with Crippen molar-refractivity contribution in [1.82, 2.24) is 10.6 Å². The Balaban J connectivity index is 1.78. The summed E-state index contributed by atoms with van der Waals surface area (Å²) in [5, 5.41) is 5.42. The molecule has 1 aromatic heterocycles. The first-order chi connectivity index (χ1) is 11.0. The highest BCUT2D eigenvalue weighted by Gasteiger charge is 2.40. The van der Waals surface area contributed by atoms with Gasteiger partial charge in [0, 0.05) is 10.6 Å². The fourth-order valence-corrected chi connectivity index (χ4v) is 4.63. The van der Waals surface area contributed by atoms with Gasteiger partial charge in [-0.1, -0.05) is 13.0 Å². The minimum atomic E-state index is -0.611. The smallest absolute Gasteiger partial charge is 0.319 e. The maximum atomic E-state index is 12.7. The Hall–Kier alpha value is -1.34. The molecule has 3 rings (SSSR count). The zero-order valence-electron chi connectivity index (χ0n) is 12.6. The number of urea groups is 1. The van der Waals surface area contributed by atoms with Gasteiger partial charge >= 0.3 is 12.0 Å². The van der Waals surface area contributed by atoms with Crippen molar-refractivity contribution in [2.24, 2.45) is 5.92 Å². The first-order valence-electron chi connectivity index (χ1n) is 7.76. The molecule has 2 heterocycles. The molecule has 1 saturated carbocycles. The van der Waals surface area contributed by atoms with E-state index in [0.29, 0.717) is 5.70 Å². The number of esters is 1. The molecular formula is C16H19BrN2O3S. The Bertz CT molecular complexity index is 625. The second-order valence-electron chi connectivity index (χ2n) is 5.92. The number of carbonyl (C=O) groups excluding carboxylic acids is 2. The van der Waals surface area contributed by atoms with Crippen LogP contribution in [0.15, 0.2) is 28.2 Å². The largest absolute Gasteiger partial charge is 0.462 e. The normalized spacial score (nSPS) is 25.6. The van der Waals surface area contributed by atoms with E-state index in [0.717, 1.165) is 34.3 Å². The number of hydrogen-bond donors (Lipinski definition) is 2. The molecule has 1 saturated heterocycles. The highest BCUT2D eigenvalue weighted by atomic mass is 79.9. The lowest BCUT2D eigenvalue weighted by molar-refractivity contribution is -0.155. The van der Waals surface area contributed by atoms with Crippen molar-refractivity contribution >= 4 is 39.3 Å². The Morgan fingerprint density at radius 3 is 2.70 bits per heavy atom. The number of amides is 2. The third-order valence-corrected chi connectivity index (χ3v) is 5.97. The third kappa shape index (κ3) is 3.77. The highest BCUT2D eigenvalue weighted by Crippen LogP contribution is 2.36. The van der Waals surface area contributed by atoms with Crippen molar-refractivity contribution < 1.29 is 14.3 Å². The lowest BCUT2D eigenvalue weighted by Crippen LogP contribution is -2.51. The van der Waals surface area contributed by atoms with Crippen LogP contribution < -0.4 is 10.6 Å². The number of nitrogens with one attached hydrogen (secondary N) is 2. The minimum Gasteiger partial charge on any atom is -0.462 e. The summed E-state index contributed by atoms with van der Waals surface area (Å²) in [7, 11) is 0. The zero-order valence-corrected chi connectivity index (χ0v) is 15.0. The number of hydrogen-bond acceptors (Lipinski definition) is 4. The van der Waals surface area contributed by atoms with E-state index in [9.17, 15) is 9.59 Å². The van der Waals surface area contributed by atoms with Crippen molar-refractivity contribution in [2.45, 2.75) is 44.2 Å². The molecule has 2 amide bonds. The van der Waals surface area contributed by atoms with Gasteiger partial charge in [0.25, 0.3) is 0 Å². The summed E-state index contributed by atoms with van der Waals surface area (Å²) >= 11 is 4.91. The fourth-order valence-electron chi connectivity index (χ4n) is 3.12. The molecule has 0 spiro atoms. The Kier molecular flexibility index (Phi) is 5.06. The van der Waals surface area contributed by atoms with Crippen LogP contribution in [0.5, 0.6) is 0 Å². The van der Waals surface area contributed by atoms with E-state index in [2.05, 4.69) is 33.1 Å². The fraction of sp³-hybridized carbons (Fsp3) is 0.500. The van der Waals surface area contributed by atoms with E-state index in [1.54, 1.807) is 0 Å². The maximum absolute atomic E-state index is 12.7. The number of carbonyl (C=O) groups is 2. The van der Waals surface area contributed by atoms with E-state index >= 15 is 0 Å². The van der Waals surface area contributed by atoms with Gasteiger partial charge in [-0.2, -0.15) is 0 Å². The van der Waals surface area contributed by atoms with Gasteiger partial charge in [-0.15, -0.1) is 11.3 Å². The molecule has 23 heavy (non-hydrogen) atoms. The van der Waals surface area contributed by atoms with Crippen LogP contribution in [0.2, 0.25) is 0 Å². The number of halogens is 1. The van der Waals surface area contributed by atoms with Gasteiger partial charge in [0.15, 0.2) is 0 Å². The molecule has 0 radical (unpaired) electrons. The van der Waals surface area contributed by atoms with Gasteiger partial charge in [-0.3, -0.25) is 4.79 Å². The quantitative estimate of drug-likeness (QED) is 0.759. The molecule has 5 nitrogen and oxygen atoms in total. The molecule has 0 aromatic carbocycles. The summed E-state index contributed by atoms with van der Waals surface area (Å²) < 4.78 is 6.65. The number of thiophene rings is 1. The minimum absolute atomic E-state index is 0.0163. The lowest BCUT2D eigenvalue weighted by atomic mass is 9.92. The molecule has 2 N–H and O–H groups in total. The second kappa shape index (κ2) is 7.05. The van der Waals surface area contributed by atoms with Crippen LogP contribution in [0.1, 0.15) is 43.0 Å². The van der Waals surface area contributed by atoms with E-state index in [-0.39, 0.29) is 18.1 Å². The van der Waals surface area contributed by atoms with Crippen molar-refractivity contribution in [1.29, 1.82) is 0 Å². The van der Waals surface area contributed by atoms with Crippen molar-refractivity contribution in [3.8, 4) is 0 Å². The molecule has 1 aromatic rings. The second-order valence-corrected chi connectivity index (χ2v) is 8.41. The topological polar surface area (TPSA) is 67.4 Å². The van der Waals surface area contributed by atoms with Gasteiger partial charge < -0.3 is 15.4 Å². The lowest BCUT2D eigenvalue weighted by Gasteiger charge is -2.33. The van der Waals surface area contributed by atoms with Crippen molar-refractivity contribution in [3.05, 3.63) is 33.1 Å². The molecule has 124 valence electrons. The van der Waals surface area contributed by atoms with Gasteiger partial charge in [-0.05, 0) is 53.7 Å². The summed E-state index contributed by atoms with van der Waals surface area (Å²) in [6, 6.07) is 3.02. The molecule has 1 aliphatic carbocycles. The van der Waals surface area contributed by atoms with Gasteiger partial charge in [0.2, 0.25) is 0 Å². The molecule has 2 fully saturated rings. The number of ether oxygens (including phenoxy) is 1. The van der Waals surface area contributed by atoms with Crippen molar-refractivity contribution in [2.75, 3.05) is 0 Å². The molecule has 2 atom stereocenters. The summed E-state index contributed by atoms with van der Waals surface area (Å²) in [4.78, 5) is 25.4. The van der Waals surface area contributed by atoms with E-state index < -0.39 is 12.0 Å². The Labute approximate surface area is 147 Å². The summed E-state index contributed by atoms with van der Waals surface area (Å²) in [5.41, 5.74) is 0.393. The van der Waals surface area contributed by atoms with Crippen LogP contribution in [0.4, 0.5) is 4.79 Å². The molecule has 7 heteroatoms. The van der Waals surface area contributed by atoms with Gasteiger partial charge in [0.1, 0.15) is 12.0 Å². The number of rotatable bonds is 3. The van der Waals surface area contributed by atoms with Crippen LogP contribution in [0.25, 0.3) is 0 Å². The van der Waals surface area contributed by atoms with Gasteiger partial charge in [0.05, 0.1) is 9.83 Å². The molecule has 1 aliphatic heterocycles.